The van der Waals surface area contributed by atoms with Crippen LogP contribution in [0.4, 0.5) is 0 Å². The van der Waals surface area contributed by atoms with Gasteiger partial charge in [0.25, 0.3) is 0 Å². The Morgan fingerprint density at radius 2 is 1.00 bits per heavy atom. The summed E-state index contributed by atoms with van der Waals surface area (Å²) in [4.78, 5) is 0. The van der Waals surface area contributed by atoms with E-state index >= 15 is 0 Å². The van der Waals surface area contributed by atoms with Gasteiger partial charge in [-0.3, -0.25) is 0 Å². The fourth-order valence-corrected chi connectivity index (χ4v) is 5.93. The van der Waals surface area contributed by atoms with Gasteiger partial charge in [-0.05, 0) is 73.9 Å². The van der Waals surface area contributed by atoms with Gasteiger partial charge in [-0.2, -0.15) is 13.8 Å². The molecule has 0 fully saturated rings. The number of unbranched alkanes of at least 4 members (excludes halogenated alkanes) is 13. The molecule has 0 atom stereocenters. The predicted molar refractivity (Wildman–Crippen MR) is 196 cm³/mol. The van der Waals surface area contributed by atoms with E-state index in [0.717, 1.165) is 41.8 Å². The molecular formula is C42H66N2Ni. The summed E-state index contributed by atoms with van der Waals surface area (Å²) in [6.07, 6.45) is 26.3. The first-order valence-corrected chi connectivity index (χ1v) is 18.2. The Balaban J connectivity index is 0.00000372. The van der Waals surface area contributed by atoms with E-state index in [9.17, 15) is 5.53 Å². The summed E-state index contributed by atoms with van der Waals surface area (Å²) < 4.78 is 1.48. The van der Waals surface area contributed by atoms with Gasteiger partial charge in [0.2, 0.25) is 11.4 Å². The second-order valence-corrected chi connectivity index (χ2v) is 12.0. The van der Waals surface area contributed by atoms with Crippen molar-refractivity contribution < 1.29 is 21.2 Å². The van der Waals surface area contributed by atoms with Crippen molar-refractivity contribution >= 4 is 11.4 Å². The Hall–Kier alpha value is -1.99. The van der Waals surface area contributed by atoms with Gasteiger partial charge in [-0.15, -0.1) is 0 Å². The molecule has 0 saturated carbocycles. The summed E-state index contributed by atoms with van der Waals surface area (Å²) in [5.41, 5.74) is 19.7. The normalized spacial score (nSPS) is 12.2. The zero-order valence-electron chi connectivity index (χ0n) is 29.8. The van der Waals surface area contributed by atoms with Crippen molar-refractivity contribution in [3.63, 3.8) is 0 Å². The van der Waals surface area contributed by atoms with Crippen LogP contribution in [-0.2, 0) is 29.3 Å². The first-order valence-electron chi connectivity index (χ1n) is 18.2. The van der Waals surface area contributed by atoms with Gasteiger partial charge in [-0.25, -0.2) is 4.70 Å². The maximum atomic E-state index is 11.6. The average molecular weight is 658 g/mol. The number of nitrogens with zero attached hydrogens (tertiary/aromatic N) is 2. The molecule has 0 bridgehead atoms. The molecule has 2 nitrogen and oxygen atoms in total. The summed E-state index contributed by atoms with van der Waals surface area (Å²) >= 11 is 0. The largest absolute Gasteiger partial charge is 2.00 e. The first-order chi connectivity index (χ1) is 21.7. The smallest absolute Gasteiger partial charge is 0.493 e. The van der Waals surface area contributed by atoms with Crippen LogP contribution in [-0.4, -0.2) is 4.70 Å². The molecule has 1 aliphatic heterocycles. The van der Waals surface area contributed by atoms with E-state index in [1.807, 2.05) is 0 Å². The SMILES string of the molecule is CCCCCCCCC1=C(c2ccc(CCCCCCCC)cc2)[N+](=[N-])C(c2cccc(CCCCCC)c2)=C1.[CH2-]C.[CH2-]C.[Ni+2]. The third-order valence-electron chi connectivity index (χ3n) is 8.44. The van der Waals surface area contributed by atoms with Crippen LogP contribution in [0.15, 0.2) is 60.2 Å². The topological polar surface area (TPSA) is 25.3 Å². The quantitative estimate of drug-likeness (QED) is 0.0553. The van der Waals surface area contributed by atoms with E-state index < -0.39 is 0 Å². The first kappa shape index (κ1) is 43.0. The molecule has 0 radical (unpaired) electrons. The molecule has 3 rings (SSSR count). The number of aryl methyl sites for hydroxylation is 2. The van der Waals surface area contributed by atoms with Crippen LogP contribution in [0.5, 0.6) is 0 Å². The molecule has 254 valence electrons. The monoisotopic (exact) mass is 656 g/mol. The van der Waals surface area contributed by atoms with Gasteiger partial charge in [0, 0.05) is 22.8 Å². The molecule has 0 saturated heterocycles. The van der Waals surface area contributed by atoms with E-state index in [0.29, 0.717) is 0 Å². The molecule has 2 aromatic carbocycles. The molecule has 0 N–H and O–H groups in total. The average Bonchev–Trinajstić information content (AvgIpc) is 3.40. The van der Waals surface area contributed by atoms with Gasteiger partial charge in [0.15, 0.2) is 0 Å². The minimum atomic E-state index is 0. The summed E-state index contributed by atoms with van der Waals surface area (Å²) in [5, 5.41) is 0. The van der Waals surface area contributed by atoms with Gasteiger partial charge < -0.3 is 19.4 Å². The number of rotatable bonds is 21. The van der Waals surface area contributed by atoms with Gasteiger partial charge >= 0.3 is 16.5 Å². The number of hydrogen-bond donors (Lipinski definition) is 0. The Bertz CT molecular complexity index is 1080. The molecule has 1 aliphatic rings. The summed E-state index contributed by atoms with van der Waals surface area (Å²) in [6.45, 7) is 16.8. The van der Waals surface area contributed by atoms with Crippen molar-refractivity contribution in [1.82, 2.24) is 0 Å². The fourth-order valence-electron chi connectivity index (χ4n) is 5.93. The van der Waals surface area contributed by atoms with Crippen LogP contribution < -0.4 is 0 Å². The van der Waals surface area contributed by atoms with Gasteiger partial charge in [-0.1, -0.05) is 129 Å². The summed E-state index contributed by atoms with van der Waals surface area (Å²) in [7, 11) is 0. The van der Waals surface area contributed by atoms with Crippen molar-refractivity contribution in [3.8, 4) is 0 Å². The summed E-state index contributed by atoms with van der Waals surface area (Å²) in [6, 6.07) is 17.8. The molecular weight excluding hydrogens is 591 g/mol. The van der Waals surface area contributed by atoms with Crippen LogP contribution in [0, 0.1) is 13.8 Å². The Labute approximate surface area is 290 Å². The second-order valence-electron chi connectivity index (χ2n) is 12.0. The van der Waals surface area contributed by atoms with Crippen molar-refractivity contribution in [3.05, 3.63) is 102 Å². The van der Waals surface area contributed by atoms with Gasteiger partial charge in [0.1, 0.15) is 0 Å². The fraction of sp³-hybridized carbons (Fsp3) is 0.571. The van der Waals surface area contributed by atoms with Crippen molar-refractivity contribution in [2.75, 3.05) is 0 Å². The van der Waals surface area contributed by atoms with E-state index in [1.165, 1.54) is 124 Å². The molecule has 0 amide bonds. The molecule has 1 heterocycles. The van der Waals surface area contributed by atoms with E-state index in [4.69, 9.17) is 0 Å². The second kappa shape index (κ2) is 28.3. The minimum absolute atomic E-state index is 0. The number of allylic oxidation sites excluding steroid dienone is 2. The van der Waals surface area contributed by atoms with Crippen LogP contribution in [0.3, 0.4) is 0 Å². The Kier molecular flexibility index (Phi) is 27.0. The zero-order chi connectivity index (χ0) is 32.4. The third-order valence-corrected chi connectivity index (χ3v) is 8.44. The molecule has 45 heavy (non-hydrogen) atoms. The standard InChI is InChI=1S/C38H56N2.2C2H5.Ni/c1-4-7-10-13-15-18-21-32-26-28-34(29-27-32)38-36(24-19-16-14-11-8-5-2)31-37(40(38)39)35-25-20-23-33(30-35)22-17-12-9-6-3;2*1-2;/h20,23,25-31H,4-19,21-22,24H2,1-3H3;2*1H2,2H3;/q;2*-1;+2. The maximum absolute atomic E-state index is 11.6. The zero-order valence-corrected chi connectivity index (χ0v) is 30.7. The van der Waals surface area contributed by atoms with E-state index in [1.54, 1.807) is 13.8 Å². The summed E-state index contributed by atoms with van der Waals surface area (Å²) in [5.74, 6) is 0. The number of hydrogen-bond acceptors (Lipinski definition) is 0. The Morgan fingerprint density at radius 3 is 1.56 bits per heavy atom. The minimum Gasteiger partial charge on any atom is -0.493 e. The van der Waals surface area contributed by atoms with Crippen LogP contribution >= 0.6 is 0 Å². The third kappa shape index (κ3) is 16.4. The molecule has 0 spiro atoms. The maximum Gasteiger partial charge on any atom is 2.00 e. The van der Waals surface area contributed by atoms with Crippen molar-refractivity contribution in [1.29, 1.82) is 0 Å². The van der Waals surface area contributed by atoms with Crippen LogP contribution in [0.2, 0.25) is 0 Å². The molecule has 0 unspecified atom stereocenters. The van der Waals surface area contributed by atoms with E-state index in [2.05, 4.69) is 89.2 Å². The van der Waals surface area contributed by atoms with Crippen LogP contribution in [0.1, 0.15) is 166 Å². The molecule has 0 aromatic heterocycles. The molecule has 0 aliphatic carbocycles. The Morgan fingerprint density at radius 1 is 0.533 bits per heavy atom. The van der Waals surface area contributed by atoms with Crippen molar-refractivity contribution in [2.24, 2.45) is 0 Å². The van der Waals surface area contributed by atoms with Crippen LogP contribution in [0.25, 0.3) is 16.9 Å². The number of benzene rings is 2. The van der Waals surface area contributed by atoms with Crippen molar-refractivity contribution in [2.45, 2.75) is 157 Å². The molecule has 3 heteroatoms. The molecule has 2 aromatic rings. The predicted octanol–water partition coefficient (Wildman–Crippen LogP) is 13.9. The van der Waals surface area contributed by atoms with Gasteiger partial charge in [0.05, 0.1) is 0 Å². The van der Waals surface area contributed by atoms with E-state index in [-0.39, 0.29) is 16.5 Å².